The molecule has 2 amide bonds. The largest absolute Gasteiger partial charge is 0.497 e. The number of ether oxygens (including phenoxy) is 3. The van der Waals surface area contributed by atoms with E-state index in [1.54, 1.807) is 45.9 Å². The van der Waals surface area contributed by atoms with Gasteiger partial charge in [0.05, 0.1) is 60.8 Å². The van der Waals surface area contributed by atoms with Crippen molar-refractivity contribution in [1.29, 1.82) is 0 Å². The van der Waals surface area contributed by atoms with Crippen LogP contribution in [0.2, 0.25) is 0 Å². The van der Waals surface area contributed by atoms with Crippen molar-refractivity contribution in [3.8, 4) is 11.6 Å². The molecule has 16 heteroatoms. The fraction of sp³-hybridized carbons (Fsp3) is 0.674. The Balaban J connectivity index is 1.37. The molecule has 0 bridgehead atoms. The molecule has 2 heterocycles. The van der Waals surface area contributed by atoms with E-state index in [2.05, 4.69) is 21.3 Å². The van der Waals surface area contributed by atoms with Crippen LogP contribution in [0.25, 0.3) is 11.0 Å². The molecular weight excluding hydrogens is 787 g/mol. The highest BCUT2D eigenvalue weighted by atomic mass is 32.2. The molecule has 1 aromatic heterocycles. The number of likely N-dealkylation sites (tertiary alicyclic amines) is 1. The van der Waals surface area contributed by atoms with Gasteiger partial charge < -0.3 is 19.1 Å². The first-order chi connectivity index (χ1) is 27.8. The number of hydrogen-bond acceptors (Lipinski definition) is 11. The molecule has 1 aromatic carbocycles. The van der Waals surface area contributed by atoms with Crippen molar-refractivity contribution in [3.05, 3.63) is 36.5 Å². The van der Waals surface area contributed by atoms with Crippen LogP contribution in [0.3, 0.4) is 0 Å². The van der Waals surface area contributed by atoms with E-state index in [0.29, 0.717) is 30.9 Å². The second-order valence-electron chi connectivity index (χ2n) is 18.0. The van der Waals surface area contributed by atoms with E-state index in [0.717, 1.165) is 19.3 Å². The number of unbranched alkanes of at least 4 members (excludes halogenated alkanes) is 1. The van der Waals surface area contributed by atoms with E-state index in [1.165, 1.54) is 25.2 Å². The molecule has 6 atom stereocenters. The minimum absolute atomic E-state index is 0.174. The SMILES string of the molecule is C=C[C@@H]1C[C@]1(CC(=O)[C@@H]1[C@H](CC)[C@@H](Oc2nc3cc(OC)ccc3nc2C(F)(F)CCCCC2CC2)CN1C(=O)[C@@H](CC(=O)OC)C(C)(C)C)C(=O)NS(=O)(=O)C1CC1. The van der Waals surface area contributed by atoms with Crippen LogP contribution < -0.4 is 14.2 Å². The normalized spacial score (nSPS) is 25.0. The smallest absolute Gasteiger partial charge is 0.306 e. The van der Waals surface area contributed by atoms with Crippen molar-refractivity contribution in [2.75, 3.05) is 20.8 Å². The molecular formula is C43H58F2N4O9S. The first-order valence-corrected chi connectivity index (χ1v) is 22.3. The lowest BCUT2D eigenvalue weighted by molar-refractivity contribution is -0.152. The highest BCUT2D eigenvalue weighted by molar-refractivity contribution is 7.90. The third-order valence-electron chi connectivity index (χ3n) is 12.7. The van der Waals surface area contributed by atoms with Crippen molar-refractivity contribution in [2.45, 2.75) is 128 Å². The number of rotatable bonds is 20. The lowest BCUT2D eigenvalue weighted by Gasteiger charge is -2.35. The van der Waals surface area contributed by atoms with E-state index in [-0.39, 0.29) is 43.3 Å². The van der Waals surface area contributed by atoms with Crippen LogP contribution in [0.5, 0.6) is 11.6 Å². The third-order valence-corrected chi connectivity index (χ3v) is 14.5. The molecule has 324 valence electrons. The van der Waals surface area contributed by atoms with Crippen LogP contribution in [0, 0.1) is 34.5 Å². The Labute approximate surface area is 345 Å². The summed E-state index contributed by atoms with van der Waals surface area (Å²) in [5.41, 5.74) is -2.41. The maximum atomic E-state index is 16.3. The van der Waals surface area contributed by atoms with Crippen LogP contribution in [0.1, 0.15) is 110 Å². The van der Waals surface area contributed by atoms with E-state index in [9.17, 15) is 27.6 Å². The van der Waals surface area contributed by atoms with Gasteiger partial charge in [-0.2, -0.15) is 8.78 Å². The quantitative estimate of drug-likeness (QED) is 0.0858. The van der Waals surface area contributed by atoms with Crippen LogP contribution in [0.4, 0.5) is 8.78 Å². The predicted octanol–water partition coefficient (Wildman–Crippen LogP) is 6.67. The zero-order valence-electron chi connectivity index (χ0n) is 34.9. The predicted molar refractivity (Wildman–Crippen MR) is 215 cm³/mol. The van der Waals surface area contributed by atoms with Gasteiger partial charge in [0.1, 0.15) is 11.9 Å². The average Bonchev–Trinajstić information content (AvgIpc) is 4.07. The van der Waals surface area contributed by atoms with Crippen LogP contribution in [-0.2, 0) is 39.9 Å². The van der Waals surface area contributed by atoms with Gasteiger partial charge >= 0.3 is 5.97 Å². The van der Waals surface area contributed by atoms with Crippen molar-refractivity contribution >= 4 is 44.6 Å². The number of alkyl halides is 2. The maximum Gasteiger partial charge on any atom is 0.306 e. The molecule has 3 aliphatic carbocycles. The number of methoxy groups -OCH3 is 2. The number of ketones is 1. The fourth-order valence-electron chi connectivity index (χ4n) is 8.55. The van der Waals surface area contributed by atoms with Gasteiger partial charge in [0, 0.05) is 24.8 Å². The molecule has 1 aliphatic heterocycles. The number of halogens is 2. The topological polar surface area (TPSA) is 171 Å². The molecule has 2 aromatic rings. The average molecular weight is 845 g/mol. The molecule has 3 saturated carbocycles. The molecule has 1 saturated heterocycles. The highest BCUT2D eigenvalue weighted by Gasteiger charge is 2.62. The first-order valence-electron chi connectivity index (χ1n) is 20.8. The van der Waals surface area contributed by atoms with E-state index in [4.69, 9.17) is 14.2 Å². The number of hydrogen-bond donors (Lipinski definition) is 1. The summed E-state index contributed by atoms with van der Waals surface area (Å²) in [4.78, 5) is 66.3. The zero-order chi connectivity index (χ0) is 43.1. The molecule has 1 N–H and O–H groups in total. The van der Waals surface area contributed by atoms with Crippen molar-refractivity contribution in [2.24, 2.45) is 34.5 Å². The molecule has 0 radical (unpaired) electrons. The van der Waals surface area contributed by atoms with Gasteiger partial charge in [-0.05, 0) is 61.5 Å². The summed E-state index contributed by atoms with van der Waals surface area (Å²) in [5, 5.41) is -0.672. The first kappa shape index (κ1) is 44.3. The summed E-state index contributed by atoms with van der Waals surface area (Å²) >= 11 is 0. The number of aromatic nitrogens is 2. The van der Waals surface area contributed by atoms with Gasteiger partial charge in [-0.3, -0.25) is 23.9 Å². The number of carbonyl (C=O) groups is 4. The van der Waals surface area contributed by atoms with Gasteiger partial charge in [-0.25, -0.2) is 18.4 Å². The number of Topliss-reactive ketones (excluding diaryl/α,β-unsaturated/α-hetero) is 1. The zero-order valence-corrected chi connectivity index (χ0v) is 35.7. The number of sulfonamides is 1. The van der Waals surface area contributed by atoms with Gasteiger partial charge in [0.15, 0.2) is 11.5 Å². The summed E-state index contributed by atoms with van der Waals surface area (Å²) in [5.74, 6) is -7.61. The van der Waals surface area contributed by atoms with Gasteiger partial charge in [-0.1, -0.05) is 59.5 Å². The van der Waals surface area contributed by atoms with Crippen LogP contribution in [-0.4, -0.2) is 85.0 Å². The number of amides is 2. The number of nitrogens with one attached hydrogen (secondary N) is 1. The van der Waals surface area contributed by atoms with Crippen molar-refractivity contribution in [3.63, 3.8) is 0 Å². The Morgan fingerprint density at radius 1 is 1.07 bits per heavy atom. The van der Waals surface area contributed by atoms with Gasteiger partial charge in [-0.15, -0.1) is 6.58 Å². The fourth-order valence-corrected chi connectivity index (χ4v) is 9.94. The number of nitrogens with zero attached hydrogens (tertiary/aromatic N) is 3. The van der Waals surface area contributed by atoms with E-state index < -0.39 is 110 Å². The van der Waals surface area contributed by atoms with Gasteiger partial charge in [0.2, 0.25) is 27.7 Å². The molecule has 4 fully saturated rings. The summed E-state index contributed by atoms with van der Waals surface area (Å²) in [6, 6.07) is 3.47. The summed E-state index contributed by atoms with van der Waals surface area (Å²) in [6.45, 7) is 10.7. The number of allylic oxidation sites excluding steroid dienone is 1. The van der Waals surface area contributed by atoms with Crippen LogP contribution >= 0.6 is 0 Å². The van der Waals surface area contributed by atoms with Crippen LogP contribution in [0.15, 0.2) is 30.9 Å². The second kappa shape index (κ2) is 17.0. The monoisotopic (exact) mass is 844 g/mol. The summed E-state index contributed by atoms with van der Waals surface area (Å²) in [7, 11) is -1.26. The van der Waals surface area contributed by atoms with Crippen molar-refractivity contribution in [1.82, 2.24) is 19.6 Å². The van der Waals surface area contributed by atoms with Gasteiger partial charge in [0.25, 0.3) is 5.92 Å². The third kappa shape index (κ3) is 9.73. The molecule has 13 nitrogen and oxygen atoms in total. The highest BCUT2D eigenvalue weighted by Crippen LogP contribution is 2.57. The summed E-state index contributed by atoms with van der Waals surface area (Å²) in [6.07, 6.45) is 4.62. The Kier molecular flexibility index (Phi) is 12.8. The second-order valence-corrected chi connectivity index (χ2v) is 20.0. The minimum atomic E-state index is -3.94. The maximum absolute atomic E-state index is 16.3. The number of esters is 1. The number of fused-ring (bicyclic) bond motifs is 1. The lowest BCUT2D eigenvalue weighted by atomic mass is 9.77. The number of benzene rings is 1. The standard InChI is InChI=1S/C43H58F2N4O9S/c1-8-26-22-42(26,40(53)48-59(54,55)28-16-17-28)23-33(50)36-29(9-2)34(24-49(36)39(52)30(41(3,4)5)21-35(51)57-7)58-38-37(43(44,45)19-11-10-12-25-13-14-25)46-31-18-15-27(56-6)20-32(31)47-38/h8,15,18,20,25-26,28-30,34,36H,1,9-14,16-17,19,21-24H2,2-7H3,(H,48,53)/t26-,29-,30-,34+,36+,42-/m1/s1. The Morgan fingerprint density at radius 3 is 2.36 bits per heavy atom. The Morgan fingerprint density at radius 2 is 1.78 bits per heavy atom. The molecule has 59 heavy (non-hydrogen) atoms. The van der Waals surface area contributed by atoms with E-state index in [1.807, 2.05) is 0 Å². The molecule has 6 rings (SSSR count). The van der Waals surface area contributed by atoms with E-state index >= 15 is 8.78 Å². The Hall–Kier alpha value is -4.21. The minimum Gasteiger partial charge on any atom is -0.497 e. The lowest BCUT2D eigenvalue weighted by Crippen LogP contribution is -2.50. The molecule has 0 spiro atoms. The molecule has 4 aliphatic rings. The molecule has 0 unspecified atom stereocenters. The summed E-state index contributed by atoms with van der Waals surface area (Å²) < 4.78 is 77.4. The Bertz CT molecular complexity index is 2070. The van der Waals surface area contributed by atoms with Crippen molar-refractivity contribution < 1.29 is 50.6 Å². The number of carbonyl (C=O) groups excluding carboxylic acids is 4.